The molecule has 0 radical (unpaired) electrons. The zero-order chi connectivity index (χ0) is 19.3. The van der Waals surface area contributed by atoms with Gasteiger partial charge in [-0.25, -0.2) is 8.42 Å². The van der Waals surface area contributed by atoms with Gasteiger partial charge in [-0.15, -0.1) is 0 Å². The maximum absolute atomic E-state index is 12.8. The van der Waals surface area contributed by atoms with Crippen LogP contribution in [0, 0.1) is 5.92 Å². The van der Waals surface area contributed by atoms with E-state index in [1.807, 2.05) is 42.3 Å². The van der Waals surface area contributed by atoms with Crippen molar-refractivity contribution in [3.63, 3.8) is 0 Å². The number of hydrogen-bond acceptors (Lipinski definition) is 3. The molecule has 0 aromatic heterocycles. The highest BCUT2D eigenvalue weighted by Gasteiger charge is 2.33. The maximum Gasteiger partial charge on any atom is 0.236 e. The molecule has 1 aliphatic heterocycles. The van der Waals surface area contributed by atoms with Crippen LogP contribution in [0.1, 0.15) is 50.5 Å². The minimum Gasteiger partial charge on any atom is -0.343 e. The van der Waals surface area contributed by atoms with Gasteiger partial charge in [-0.1, -0.05) is 49.6 Å². The summed E-state index contributed by atoms with van der Waals surface area (Å²) < 4.78 is 26.6. The van der Waals surface area contributed by atoms with Gasteiger partial charge < -0.3 is 4.90 Å². The molecule has 3 rings (SSSR count). The standard InChI is InChI=1S/C21H30N2O3S/c1-22(20-10-6-3-7-11-20)21(24)19-12-15-23(16-13-19)27(25,26)17-14-18-8-4-2-5-9-18/h2,4-5,8-9,14,17,19-20H,3,6-7,10-13,15-16H2,1H3/b17-14+. The van der Waals surface area contributed by atoms with Crippen LogP contribution < -0.4 is 0 Å². The fraction of sp³-hybridized carbons (Fsp3) is 0.571. The van der Waals surface area contributed by atoms with E-state index in [1.165, 1.54) is 29.0 Å². The molecule has 0 spiro atoms. The monoisotopic (exact) mass is 390 g/mol. The van der Waals surface area contributed by atoms with Gasteiger partial charge in [-0.3, -0.25) is 4.79 Å². The Morgan fingerprint density at radius 2 is 1.67 bits per heavy atom. The average Bonchev–Trinajstić information content (AvgIpc) is 2.73. The highest BCUT2D eigenvalue weighted by atomic mass is 32.2. The smallest absolute Gasteiger partial charge is 0.236 e. The molecule has 2 fully saturated rings. The summed E-state index contributed by atoms with van der Waals surface area (Å²) >= 11 is 0. The van der Waals surface area contributed by atoms with Crippen molar-refractivity contribution in [1.82, 2.24) is 9.21 Å². The van der Waals surface area contributed by atoms with Crippen molar-refractivity contribution in [2.24, 2.45) is 5.92 Å². The summed E-state index contributed by atoms with van der Waals surface area (Å²) in [7, 11) is -1.52. The van der Waals surface area contributed by atoms with Crippen LogP contribution in [-0.4, -0.2) is 49.7 Å². The van der Waals surface area contributed by atoms with Gasteiger partial charge >= 0.3 is 0 Å². The number of nitrogens with zero attached hydrogens (tertiary/aromatic N) is 2. The Bertz CT molecular complexity index is 747. The van der Waals surface area contributed by atoms with Crippen molar-refractivity contribution < 1.29 is 13.2 Å². The fourth-order valence-electron chi connectivity index (χ4n) is 4.11. The normalized spacial score (nSPS) is 20.8. The van der Waals surface area contributed by atoms with Crippen LogP contribution in [0.3, 0.4) is 0 Å². The highest BCUT2D eigenvalue weighted by molar-refractivity contribution is 7.92. The zero-order valence-corrected chi connectivity index (χ0v) is 16.9. The number of piperidine rings is 1. The molecule has 1 heterocycles. The molecule has 0 unspecified atom stereocenters. The number of hydrogen-bond donors (Lipinski definition) is 0. The van der Waals surface area contributed by atoms with Gasteiger partial charge in [-0.05, 0) is 37.3 Å². The molecule has 148 valence electrons. The van der Waals surface area contributed by atoms with Gasteiger partial charge in [-0.2, -0.15) is 4.31 Å². The van der Waals surface area contributed by atoms with Crippen molar-refractivity contribution in [3.8, 4) is 0 Å². The first-order valence-electron chi connectivity index (χ1n) is 9.97. The number of benzene rings is 1. The summed E-state index contributed by atoms with van der Waals surface area (Å²) in [6.45, 7) is 0.826. The lowest BCUT2D eigenvalue weighted by Gasteiger charge is -2.36. The third-order valence-corrected chi connectivity index (χ3v) is 7.43. The molecule has 1 aliphatic carbocycles. The Balaban J connectivity index is 1.54. The first-order valence-corrected chi connectivity index (χ1v) is 11.5. The molecule has 6 heteroatoms. The number of amides is 1. The summed E-state index contributed by atoms with van der Waals surface area (Å²) in [5, 5.41) is 1.28. The maximum atomic E-state index is 12.8. The molecule has 0 bridgehead atoms. The fourth-order valence-corrected chi connectivity index (χ4v) is 5.33. The van der Waals surface area contributed by atoms with E-state index in [4.69, 9.17) is 0 Å². The number of carbonyl (C=O) groups is 1. The van der Waals surface area contributed by atoms with Gasteiger partial charge in [0, 0.05) is 37.5 Å². The molecule has 27 heavy (non-hydrogen) atoms. The second-order valence-corrected chi connectivity index (χ2v) is 9.49. The van der Waals surface area contributed by atoms with Crippen molar-refractivity contribution in [2.75, 3.05) is 20.1 Å². The van der Waals surface area contributed by atoms with Crippen molar-refractivity contribution >= 4 is 22.0 Å². The van der Waals surface area contributed by atoms with E-state index in [9.17, 15) is 13.2 Å². The van der Waals surface area contributed by atoms with Gasteiger partial charge in [0.25, 0.3) is 0 Å². The number of sulfonamides is 1. The van der Waals surface area contributed by atoms with Crippen molar-refractivity contribution in [1.29, 1.82) is 0 Å². The number of rotatable bonds is 5. The van der Waals surface area contributed by atoms with E-state index in [1.54, 1.807) is 6.08 Å². The first-order chi connectivity index (χ1) is 13.0. The summed E-state index contributed by atoms with van der Waals surface area (Å²) in [5.74, 6) is 0.139. The summed E-state index contributed by atoms with van der Waals surface area (Å²) in [4.78, 5) is 14.7. The van der Waals surface area contributed by atoms with E-state index in [-0.39, 0.29) is 11.8 Å². The third kappa shape index (κ3) is 5.20. The van der Waals surface area contributed by atoms with Gasteiger partial charge in [0.1, 0.15) is 0 Å². The molecule has 1 aromatic carbocycles. The van der Waals surface area contributed by atoms with E-state index in [0.717, 1.165) is 18.4 Å². The quantitative estimate of drug-likeness (QED) is 0.773. The lowest BCUT2D eigenvalue weighted by atomic mass is 9.91. The summed E-state index contributed by atoms with van der Waals surface area (Å²) in [5.41, 5.74) is 0.861. The topological polar surface area (TPSA) is 57.7 Å². The van der Waals surface area contributed by atoms with E-state index in [2.05, 4.69) is 0 Å². The molecule has 0 N–H and O–H groups in total. The Morgan fingerprint density at radius 1 is 1.04 bits per heavy atom. The predicted molar refractivity (Wildman–Crippen MR) is 108 cm³/mol. The highest BCUT2D eigenvalue weighted by Crippen LogP contribution is 2.27. The van der Waals surface area contributed by atoms with Crippen LogP contribution in [-0.2, 0) is 14.8 Å². The molecule has 0 atom stereocenters. The van der Waals surface area contributed by atoms with Crippen molar-refractivity contribution in [2.45, 2.75) is 51.0 Å². The molecule has 1 saturated carbocycles. The lowest BCUT2D eigenvalue weighted by molar-refractivity contribution is -0.138. The third-order valence-electron chi connectivity index (χ3n) is 5.87. The van der Waals surface area contributed by atoms with E-state index in [0.29, 0.717) is 32.0 Å². The van der Waals surface area contributed by atoms with Crippen molar-refractivity contribution in [3.05, 3.63) is 41.3 Å². The van der Waals surface area contributed by atoms with Crippen LogP contribution in [0.5, 0.6) is 0 Å². The SMILES string of the molecule is CN(C(=O)C1CCN(S(=O)(=O)/C=C/c2ccccc2)CC1)C1CCCCC1. The molecule has 2 aliphatic rings. The van der Waals surface area contributed by atoms with Crippen LogP contribution in [0.2, 0.25) is 0 Å². The van der Waals surface area contributed by atoms with Gasteiger partial charge in [0.2, 0.25) is 15.9 Å². The van der Waals surface area contributed by atoms with E-state index >= 15 is 0 Å². The number of carbonyl (C=O) groups excluding carboxylic acids is 1. The Hall–Kier alpha value is -1.66. The lowest BCUT2D eigenvalue weighted by Crippen LogP contribution is -2.46. The Morgan fingerprint density at radius 3 is 2.30 bits per heavy atom. The average molecular weight is 391 g/mol. The molecule has 1 amide bonds. The first kappa shape index (κ1) is 20.1. The second kappa shape index (κ2) is 9.02. The molecular weight excluding hydrogens is 360 g/mol. The van der Waals surface area contributed by atoms with E-state index < -0.39 is 10.0 Å². The Kier molecular flexibility index (Phi) is 6.71. The summed E-state index contributed by atoms with van der Waals surface area (Å²) in [6, 6.07) is 9.77. The minimum atomic E-state index is -3.44. The molecule has 1 saturated heterocycles. The van der Waals surface area contributed by atoms with Gasteiger partial charge in [0.15, 0.2) is 0 Å². The Labute approximate surface area is 163 Å². The van der Waals surface area contributed by atoms with Crippen LogP contribution in [0.4, 0.5) is 0 Å². The largest absolute Gasteiger partial charge is 0.343 e. The second-order valence-electron chi connectivity index (χ2n) is 7.67. The van der Waals surface area contributed by atoms with Gasteiger partial charge in [0.05, 0.1) is 0 Å². The minimum absolute atomic E-state index is 0.0542. The predicted octanol–water partition coefficient (Wildman–Crippen LogP) is 3.49. The van der Waals surface area contributed by atoms with Crippen LogP contribution in [0.15, 0.2) is 35.7 Å². The van der Waals surface area contributed by atoms with Crippen LogP contribution >= 0.6 is 0 Å². The zero-order valence-electron chi connectivity index (χ0n) is 16.1. The molecular formula is C21H30N2O3S. The summed E-state index contributed by atoms with van der Waals surface area (Å²) in [6.07, 6.45) is 8.70. The molecule has 5 nitrogen and oxygen atoms in total. The van der Waals surface area contributed by atoms with Crippen LogP contribution in [0.25, 0.3) is 6.08 Å². The molecule has 1 aromatic rings.